The van der Waals surface area contributed by atoms with E-state index >= 15 is 0 Å². The number of ketones is 1. The number of anilines is 3. The molecule has 280 valence electrons. The minimum absolute atomic E-state index is 0.203. The van der Waals surface area contributed by atoms with Crippen LogP contribution in [0, 0.1) is 6.92 Å². The average Bonchev–Trinajstić information content (AvgIpc) is 3.19. The molecule has 1 aliphatic carbocycles. The maximum absolute atomic E-state index is 11.7. The van der Waals surface area contributed by atoms with E-state index in [-0.39, 0.29) is 21.8 Å². The van der Waals surface area contributed by atoms with E-state index in [9.17, 15) is 18.0 Å². The van der Waals surface area contributed by atoms with Crippen LogP contribution in [0.15, 0.2) is 177 Å². The van der Waals surface area contributed by atoms with Crippen LogP contribution >= 0.6 is 11.8 Å². The maximum Gasteiger partial charge on any atom is 0.339 e. The third-order valence-corrected chi connectivity index (χ3v) is 9.69. The molecule has 0 saturated carbocycles. The normalized spacial score (nSPS) is 13.9. The van der Waals surface area contributed by atoms with Gasteiger partial charge >= 0.3 is 5.97 Å². The number of azo groups is 3. The van der Waals surface area contributed by atoms with E-state index in [0.717, 1.165) is 9.79 Å². The molecule has 0 radical (unpaired) electrons. The molecule has 6 rings (SSSR count). The molecule has 0 atom stereocenters. The van der Waals surface area contributed by atoms with Crippen molar-refractivity contribution < 1.29 is 27.7 Å². The van der Waals surface area contributed by atoms with Gasteiger partial charge in [0.1, 0.15) is 16.9 Å². The molecular weight excluding hydrogens is 757 g/mol. The largest absolute Gasteiger partial charge is 0.478 e. The van der Waals surface area contributed by atoms with Gasteiger partial charge in [-0.15, -0.1) is 10.2 Å². The lowest BCUT2D eigenvalue weighted by molar-refractivity contribution is -0.134. The van der Waals surface area contributed by atoms with Crippen LogP contribution in [0.1, 0.15) is 5.56 Å². The number of hydrazone groups is 1. The third kappa shape index (κ3) is 9.88. The van der Waals surface area contributed by atoms with E-state index in [1.165, 1.54) is 54.3 Å². The third-order valence-electron chi connectivity index (χ3n) is 7.80. The molecule has 0 aliphatic heterocycles. The zero-order valence-corrected chi connectivity index (χ0v) is 30.8. The van der Waals surface area contributed by atoms with Crippen molar-refractivity contribution >= 4 is 90.5 Å². The molecule has 0 bridgehead atoms. The van der Waals surface area contributed by atoms with Crippen LogP contribution < -0.4 is 16.9 Å². The number of carbonyl (C=O) groups excluding carboxylic acids is 1. The van der Waals surface area contributed by atoms with Crippen molar-refractivity contribution in [2.75, 3.05) is 16.9 Å². The fourth-order valence-corrected chi connectivity index (χ4v) is 6.10. The van der Waals surface area contributed by atoms with Crippen molar-refractivity contribution in [3.8, 4) is 0 Å². The lowest BCUT2D eigenvalue weighted by atomic mass is 10.0. The van der Waals surface area contributed by atoms with Crippen LogP contribution in [0.5, 0.6) is 0 Å². The molecule has 0 spiro atoms. The number of hydrogen-bond donors (Lipinski definition) is 5. The molecule has 5 aromatic carbocycles. The van der Waals surface area contributed by atoms with Gasteiger partial charge in [0.05, 0.1) is 50.4 Å². The second kappa shape index (κ2) is 16.9. The summed E-state index contributed by atoms with van der Waals surface area (Å²) in [6.45, 7) is 1.80. The summed E-state index contributed by atoms with van der Waals surface area (Å²) < 4.78 is 31.5. The van der Waals surface area contributed by atoms with E-state index < -0.39 is 21.9 Å². The molecule has 0 amide bonds. The number of benzene rings is 5. The van der Waals surface area contributed by atoms with Crippen molar-refractivity contribution in [1.29, 1.82) is 0 Å². The summed E-state index contributed by atoms with van der Waals surface area (Å²) in [6, 6.07) is 28.6. The van der Waals surface area contributed by atoms with Gasteiger partial charge in [0.15, 0.2) is 5.78 Å². The highest BCUT2D eigenvalue weighted by atomic mass is 32.2. The van der Waals surface area contributed by atoms with E-state index in [4.69, 9.17) is 21.1 Å². The second-order valence-corrected chi connectivity index (χ2v) is 14.4. The summed E-state index contributed by atoms with van der Waals surface area (Å²) in [4.78, 5) is 24.6. The molecule has 0 fully saturated rings. The van der Waals surface area contributed by atoms with Crippen LogP contribution in [0.4, 0.5) is 51.2 Å². The molecule has 0 heterocycles. The molecule has 0 unspecified atom stereocenters. The van der Waals surface area contributed by atoms with Crippen LogP contribution in [0.25, 0.3) is 0 Å². The summed E-state index contributed by atoms with van der Waals surface area (Å²) in [7, 11) is -4.29. The first-order chi connectivity index (χ1) is 26.8. The summed E-state index contributed by atoms with van der Waals surface area (Å²) in [5.41, 5.74) is 20.1. The summed E-state index contributed by atoms with van der Waals surface area (Å²) in [6.07, 6.45) is 3.83. The number of nitrogens with zero attached hydrogens (tertiary/aromatic N) is 7. The molecule has 0 saturated heterocycles. The number of aliphatic carboxylic acids is 1. The number of aryl methyl sites for hydroxylation is 1. The highest BCUT2D eigenvalue weighted by Crippen LogP contribution is 2.41. The SMILES string of the molecule is Cc1cc(N=Nc2ccc(Sc3ccc(N/N=C4/C=CC(=O)C(C(=O)O)=C4)cc3)cc2)c(N)c(N=Nc2ccc(N=Nc3ccc(S(=O)(=O)O)cc3)cc2)c1N. The van der Waals surface area contributed by atoms with Gasteiger partial charge in [0, 0.05) is 9.79 Å². The zero-order chi connectivity index (χ0) is 39.8. The smallest absolute Gasteiger partial charge is 0.339 e. The Balaban J connectivity index is 1.06. The number of allylic oxidation sites excluding steroid dienone is 3. The first-order valence-corrected chi connectivity index (χ1v) is 18.6. The summed E-state index contributed by atoms with van der Waals surface area (Å²) in [5, 5.41) is 38.8. The first kappa shape index (κ1) is 38.6. The number of nitrogen functional groups attached to an aromatic ring is 2. The minimum atomic E-state index is -4.29. The maximum atomic E-state index is 11.7. The van der Waals surface area contributed by atoms with Gasteiger partial charge in [0.25, 0.3) is 10.1 Å². The lowest BCUT2D eigenvalue weighted by Crippen LogP contribution is -2.15. The van der Waals surface area contributed by atoms with Crippen LogP contribution in [-0.4, -0.2) is 35.5 Å². The molecule has 16 nitrogen and oxygen atoms in total. The number of hydrogen-bond acceptors (Lipinski definition) is 15. The van der Waals surface area contributed by atoms with E-state index in [1.807, 2.05) is 48.5 Å². The highest BCUT2D eigenvalue weighted by Gasteiger charge is 2.19. The topological polar surface area (TPSA) is 259 Å². The van der Waals surface area contributed by atoms with Crippen molar-refractivity contribution in [3.05, 3.63) is 132 Å². The van der Waals surface area contributed by atoms with Gasteiger partial charge in [-0.05, 0) is 134 Å². The van der Waals surface area contributed by atoms with E-state index in [2.05, 4.69) is 41.2 Å². The fraction of sp³-hybridized carbons (Fsp3) is 0.0263. The van der Waals surface area contributed by atoms with Crippen molar-refractivity contribution in [2.45, 2.75) is 21.6 Å². The van der Waals surface area contributed by atoms with Gasteiger partial charge in [0.2, 0.25) is 0 Å². The van der Waals surface area contributed by atoms with E-state index in [1.54, 1.807) is 37.3 Å². The number of rotatable bonds is 12. The number of carboxylic acids is 1. The highest BCUT2D eigenvalue weighted by molar-refractivity contribution is 7.99. The molecule has 5 aromatic rings. The molecule has 18 heteroatoms. The second-order valence-electron chi connectivity index (χ2n) is 11.8. The Labute approximate surface area is 323 Å². The van der Waals surface area contributed by atoms with E-state index in [0.29, 0.717) is 51.1 Å². The summed E-state index contributed by atoms with van der Waals surface area (Å²) >= 11 is 1.53. The Hall–Kier alpha value is -7.15. The van der Waals surface area contributed by atoms with Crippen molar-refractivity contribution in [1.82, 2.24) is 0 Å². The Morgan fingerprint density at radius 1 is 0.696 bits per heavy atom. The molecule has 7 N–H and O–H groups in total. The Morgan fingerprint density at radius 3 is 1.75 bits per heavy atom. The molecule has 0 aromatic heterocycles. The predicted octanol–water partition coefficient (Wildman–Crippen LogP) is 9.72. The first-order valence-electron chi connectivity index (χ1n) is 16.3. The Kier molecular flexibility index (Phi) is 11.6. The summed E-state index contributed by atoms with van der Waals surface area (Å²) in [5.74, 6) is -1.89. The molecule has 56 heavy (non-hydrogen) atoms. The van der Waals surface area contributed by atoms with Gasteiger partial charge in [-0.25, -0.2) is 4.79 Å². The van der Waals surface area contributed by atoms with Gasteiger partial charge in [-0.1, -0.05) is 11.8 Å². The number of nitrogens with two attached hydrogens (primary N) is 2. The Morgan fingerprint density at radius 2 is 1.20 bits per heavy atom. The van der Waals surface area contributed by atoms with Crippen molar-refractivity contribution in [2.24, 2.45) is 35.8 Å². The lowest BCUT2D eigenvalue weighted by Gasteiger charge is -2.09. The molecular formula is C38H30N10O6S2. The van der Waals surface area contributed by atoms with Crippen LogP contribution in [-0.2, 0) is 19.7 Å². The average molecular weight is 787 g/mol. The molecule has 1 aliphatic rings. The van der Waals surface area contributed by atoms with Crippen molar-refractivity contribution in [3.63, 3.8) is 0 Å². The minimum Gasteiger partial charge on any atom is -0.478 e. The number of carboxylic acid groups (broad SMARTS) is 1. The van der Waals surface area contributed by atoms with Crippen LogP contribution in [0.3, 0.4) is 0 Å². The standard InChI is InChI=1S/C38H30N10O6S2/c1-22-20-33(36(40)37(35(22)39)48-45-24-4-2-23(3-5-24)41-42-27-10-17-31(18-11-27)56(52,53)54)47-44-26-8-15-30(16-9-26)55-29-13-6-25(7-14-29)43-46-28-12-19-34(49)32(21-28)38(50)51/h2-21,43H,39-40H2,1H3,(H,50,51)(H,52,53,54)/b42-41?,46-28-,47-44?,48-45?. The number of carbonyl (C=O) groups is 2. The number of nitrogens with one attached hydrogen (secondary N) is 1. The monoisotopic (exact) mass is 786 g/mol. The predicted molar refractivity (Wildman–Crippen MR) is 213 cm³/mol. The van der Waals surface area contributed by atoms with Crippen LogP contribution in [0.2, 0.25) is 0 Å². The fourth-order valence-electron chi connectivity index (χ4n) is 4.81. The Bertz CT molecular complexity index is 2600. The zero-order valence-electron chi connectivity index (χ0n) is 29.2. The van der Waals surface area contributed by atoms with Gasteiger partial charge < -0.3 is 16.6 Å². The van der Waals surface area contributed by atoms with Gasteiger partial charge in [-0.3, -0.25) is 14.8 Å². The van der Waals surface area contributed by atoms with Gasteiger partial charge in [-0.2, -0.15) is 34.0 Å². The quantitative estimate of drug-likeness (QED) is 0.0200.